The summed E-state index contributed by atoms with van der Waals surface area (Å²) in [6.45, 7) is 2.47. The van der Waals surface area contributed by atoms with Crippen molar-refractivity contribution >= 4 is 23.4 Å². The molecule has 20 heavy (non-hydrogen) atoms. The predicted molar refractivity (Wildman–Crippen MR) is 83.7 cm³/mol. The van der Waals surface area contributed by atoms with E-state index in [-0.39, 0.29) is 11.7 Å². The van der Waals surface area contributed by atoms with Gasteiger partial charge in [0.2, 0.25) is 0 Å². The van der Waals surface area contributed by atoms with Crippen molar-refractivity contribution in [1.82, 2.24) is 0 Å². The van der Waals surface area contributed by atoms with Gasteiger partial charge in [-0.2, -0.15) is 0 Å². The Labute approximate surface area is 123 Å². The molecule has 0 unspecified atom stereocenters. The van der Waals surface area contributed by atoms with Crippen molar-refractivity contribution in [3.63, 3.8) is 0 Å². The van der Waals surface area contributed by atoms with Crippen LogP contribution < -0.4 is 4.90 Å². The van der Waals surface area contributed by atoms with Gasteiger partial charge in [-0.05, 0) is 37.4 Å². The fourth-order valence-corrected chi connectivity index (χ4v) is 2.66. The lowest BCUT2D eigenvalue weighted by Crippen LogP contribution is -2.30. The molecule has 0 radical (unpaired) electrons. The van der Waals surface area contributed by atoms with Gasteiger partial charge in [0.25, 0.3) is 5.91 Å². The van der Waals surface area contributed by atoms with Gasteiger partial charge in [0.1, 0.15) is 5.75 Å². The van der Waals surface area contributed by atoms with E-state index in [1.54, 1.807) is 34.9 Å². The molecule has 0 aromatic heterocycles. The first-order valence-electron chi connectivity index (χ1n) is 6.41. The minimum absolute atomic E-state index is 0.0527. The molecule has 2 aromatic carbocycles. The molecule has 1 N–H and O–H groups in total. The summed E-state index contributed by atoms with van der Waals surface area (Å²) >= 11 is 1.55. The zero-order valence-corrected chi connectivity index (χ0v) is 12.4. The summed E-state index contributed by atoms with van der Waals surface area (Å²) in [5.74, 6) is 0.106. The predicted octanol–water partition coefficient (Wildman–Crippen LogP) is 3.78. The minimum atomic E-state index is -0.0527. The Morgan fingerprint density at radius 3 is 2.60 bits per heavy atom. The molecular weight excluding hydrogens is 270 g/mol. The monoisotopic (exact) mass is 287 g/mol. The quantitative estimate of drug-likeness (QED) is 0.870. The topological polar surface area (TPSA) is 40.5 Å². The number of carbonyl (C=O) groups is 1. The lowest BCUT2D eigenvalue weighted by molar-refractivity contribution is 0.0985. The van der Waals surface area contributed by atoms with E-state index >= 15 is 0 Å². The number of phenols is 1. The number of benzene rings is 2. The Hall–Kier alpha value is -1.94. The summed E-state index contributed by atoms with van der Waals surface area (Å²) in [6.07, 6.45) is 1.96. The van der Waals surface area contributed by atoms with Crippen LogP contribution in [0.4, 0.5) is 5.69 Å². The van der Waals surface area contributed by atoms with E-state index in [9.17, 15) is 9.90 Å². The molecule has 3 nitrogen and oxygen atoms in total. The number of thioether (sulfide) groups is 1. The van der Waals surface area contributed by atoms with Crippen LogP contribution in [0.3, 0.4) is 0 Å². The van der Waals surface area contributed by atoms with Gasteiger partial charge in [0.05, 0.1) is 5.56 Å². The third-order valence-electron chi connectivity index (χ3n) is 3.04. The largest absolute Gasteiger partial charge is 0.508 e. The molecule has 2 rings (SSSR count). The molecule has 0 aliphatic rings. The highest BCUT2D eigenvalue weighted by Crippen LogP contribution is 2.25. The standard InChI is InChI=1S/C16H17NO2S/c1-3-17(12-7-6-8-13(18)11-12)16(19)14-9-4-5-10-15(14)20-2/h4-11,18H,3H2,1-2H3. The molecule has 1 amide bonds. The number of rotatable bonds is 4. The number of hydrogen-bond acceptors (Lipinski definition) is 3. The van der Waals surface area contributed by atoms with E-state index < -0.39 is 0 Å². The second kappa shape index (κ2) is 6.48. The van der Waals surface area contributed by atoms with Crippen LogP contribution in [0, 0.1) is 0 Å². The highest BCUT2D eigenvalue weighted by molar-refractivity contribution is 7.98. The summed E-state index contributed by atoms with van der Waals surface area (Å²) in [5.41, 5.74) is 1.39. The van der Waals surface area contributed by atoms with Crippen molar-refractivity contribution in [3.8, 4) is 5.75 Å². The third-order valence-corrected chi connectivity index (χ3v) is 3.84. The Bertz CT molecular complexity index is 613. The minimum Gasteiger partial charge on any atom is -0.508 e. The normalized spacial score (nSPS) is 10.3. The van der Waals surface area contributed by atoms with Gasteiger partial charge in [-0.1, -0.05) is 18.2 Å². The third kappa shape index (κ3) is 2.96. The second-order valence-electron chi connectivity index (χ2n) is 4.27. The van der Waals surface area contributed by atoms with E-state index in [0.29, 0.717) is 17.8 Å². The summed E-state index contributed by atoms with van der Waals surface area (Å²) in [5, 5.41) is 9.57. The number of anilines is 1. The summed E-state index contributed by atoms with van der Waals surface area (Å²) in [7, 11) is 0. The number of phenolic OH excluding ortho intramolecular Hbond substituents is 1. The first kappa shape index (κ1) is 14.5. The summed E-state index contributed by atoms with van der Waals surface area (Å²) in [6, 6.07) is 14.3. The molecule has 0 saturated heterocycles. The summed E-state index contributed by atoms with van der Waals surface area (Å²) < 4.78 is 0. The number of hydrogen-bond donors (Lipinski definition) is 1. The van der Waals surface area contributed by atoms with Crippen molar-refractivity contribution in [2.24, 2.45) is 0 Å². The first-order valence-corrected chi connectivity index (χ1v) is 7.63. The van der Waals surface area contributed by atoms with Gasteiger partial charge in [0.15, 0.2) is 0 Å². The van der Waals surface area contributed by atoms with Crippen LogP contribution >= 0.6 is 11.8 Å². The molecule has 0 bridgehead atoms. The van der Waals surface area contributed by atoms with Gasteiger partial charge in [-0.15, -0.1) is 11.8 Å². The van der Waals surface area contributed by atoms with Crippen molar-refractivity contribution in [2.45, 2.75) is 11.8 Å². The number of carbonyl (C=O) groups excluding carboxylic acids is 1. The van der Waals surface area contributed by atoms with E-state index in [1.807, 2.05) is 43.5 Å². The molecule has 0 aliphatic heterocycles. The Kier molecular flexibility index (Phi) is 4.69. The highest BCUT2D eigenvalue weighted by Gasteiger charge is 2.18. The zero-order valence-electron chi connectivity index (χ0n) is 11.5. The van der Waals surface area contributed by atoms with Gasteiger partial charge in [0, 0.05) is 23.2 Å². The van der Waals surface area contributed by atoms with Crippen LogP contribution in [0.5, 0.6) is 5.75 Å². The van der Waals surface area contributed by atoms with E-state index in [0.717, 1.165) is 4.90 Å². The maximum absolute atomic E-state index is 12.7. The molecule has 0 saturated carbocycles. The lowest BCUT2D eigenvalue weighted by atomic mass is 10.1. The fourth-order valence-electron chi connectivity index (χ4n) is 2.07. The van der Waals surface area contributed by atoms with E-state index in [2.05, 4.69) is 0 Å². The zero-order chi connectivity index (χ0) is 14.5. The van der Waals surface area contributed by atoms with Crippen LogP contribution in [0.1, 0.15) is 17.3 Å². The van der Waals surface area contributed by atoms with Crippen molar-refractivity contribution in [3.05, 3.63) is 54.1 Å². The maximum atomic E-state index is 12.7. The summed E-state index contributed by atoms with van der Waals surface area (Å²) in [4.78, 5) is 15.3. The molecule has 0 heterocycles. The Morgan fingerprint density at radius 1 is 1.20 bits per heavy atom. The number of amides is 1. The van der Waals surface area contributed by atoms with E-state index in [4.69, 9.17) is 0 Å². The maximum Gasteiger partial charge on any atom is 0.259 e. The van der Waals surface area contributed by atoms with Crippen molar-refractivity contribution in [1.29, 1.82) is 0 Å². The van der Waals surface area contributed by atoms with E-state index in [1.165, 1.54) is 0 Å². The highest BCUT2D eigenvalue weighted by atomic mass is 32.2. The van der Waals surface area contributed by atoms with Crippen LogP contribution in [0.15, 0.2) is 53.4 Å². The SMILES string of the molecule is CCN(C(=O)c1ccccc1SC)c1cccc(O)c1. The smallest absolute Gasteiger partial charge is 0.259 e. The molecule has 104 valence electrons. The van der Waals surface area contributed by atoms with Crippen molar-refractivity contribution in [2.75, 3.05) is 17.7 Å². The van der Waals surface area contributed by atoms with Crippen LogP contribution in [0.2, 0.25) is 0 Å². The number of aromatic hydroxyl groups is 1. The molecule has 0 atom stereocenters. The van der Waals surface area contributed by atoms with Gasteiger partial charge in [-0.25, -0.2) is 0 Å². The molecule has 4 heteroatoms. The second-order valence-corrected chi connectivity index (χ2v) is 5.12. The van der Waals surface area contributed by atoms with Gasteiger partial charge >= 0.3 is 0 Å². The molecule has 0 aliphatic carbocycles. The van der Waals surface area contributed by atoms with Gasteiger partial charge < -0.3 is 10.0 Å². The lowest BCUT2D eigenvalue weighted by Gasteiger charge is -2.22. The first-order chi connectivity index (χ1) is 9.67. The average Bonchev–Trinajstić information content (AvgIpc) is 2.48. The Morgan fingerprint density at radius 2 is 1.95 bits per heavy atom. The molecule has 0 spiro atoms. The van der Waals surface area contributed by atoms with Gasteiger partial charge in [-0.3, -0.25) is 4.79 Å². The molecule has 0 fully saturated rings. The fraction of sp³-hybridized carbons (Fsp3) is 0.188. The van der Waals surface area contributed by atoms with Crippen LogP contribution in [-0.2, 0) is 0 Å². The molecule has 2 aromatic rings. The Balaban J connectivity index is 2.39. The molecular formula is C16H17NO2S. The average molecular weight is 287 g/mol. The van der Waals surface area contributed by atoms with Crippen LogP contribution in [-0.4, -0.2) is 23.8 Å². The number of nitrogens with zero attached hydrogens (tertiary/aromatic N) is 1. The van der Waals surface area contributed by atoms with Crippen LogP contribution in [0.25, 0.3) is 0 Å². The van der Waals surface area contributed by atoms with Crippen molar-refractivity contribution < 1.29 is 9.90 Å².